The predicted octanol–water partition coefficient (Wildman–Crippen LogP) is 2.32. The fourth-order valence-corrected chi connectivity index (χ4v) is 2.50. The molecule has 1 fully saturated rings. The Balaban J connectivity index is 1.66. The molecule has 1 aromatic heterocycles. The summed E-state index contributed by atoms with van der Waals surface area (Å²) < 4.78 is 1.99. The molecular formula is C17H20N2O2. The normalized spacial score (nSPS) is 15.7. The molecule has 0 aliphatic heterocycles. The van der Waals surface area contributed by atoms with Crippen molar-refractivity contribution in [3.63, 3.8) is 0 Å². The van der Waals surface area contributed by atoms with Gasteiger partial charge in [-0.3, -0.25) is 4.79 Å². The summed E-state index contributed by atoms with van der Waals surface area (Å²) in [6.07, 6.45) is 5.70. The van der Waals surface area contributed by atoms with Crippen LogP contribution in [0.25, 0.3) is 5.69 Å². The van der Waals surface area contributed by atoms with E-state index < -0.39 is 6.10 Å². The van der Waals surface area contributed by atoms with Crippen LogP contribution in [-0.2, 0) is 0 Å². The van der Waals surface area contributed by atoms with E-state index in [1.807, 2.05) is 53.4 Å². The maximum atomic E-state index is 12.3. The molecule has 4 heteroatoms. The monoisotopic (exact) mass is 284 g/mol. The number of hydrogen-bond donors (Lipinski definition) is 1. The Hall–Kier alpha value is -2.07. The van der Waals surface area contributed by atoms with Gasteiger partial charge in [-0.1, -0.05) is 0 Å². The van der Waals surface area contributed by atoms with Crippen LogP contribution >= 0.6 is 0 Å². The van der Waals surface area contributed by atoms with Crippen LogP contribution in [0.1, 0.15) is 23.2 Å². The molecule has 1 aliphatic rings. The summed E-state index contributed by atoms with van der Waals surface area (Å²) in [4.78, 5) is 13.9. The Morgan fingerprint density at radius 3 is 2.48 bits per heavy atom. The van der Waals surface area contributed by atoms with Crippen LogP contribution in [0.2, 0.25) is 0 Å². The van der Waals surface area contributed by atoms with E-state index in [1.54, 1.807) is 11.9 Å². The van der Waals surface area contributed by atoms with E-state index in [1.165, 1.54) is 0 Å². The van der Waals surface area contributed by atoms with Gasteiger partial charge in [0, 0.05) is 37.2 Å². The molecule has 21 heavy (non-hydrogen) atoms. The van der Waals surface area contributed by atoms with E-state index >= 15 is 0 Å². The molecule has 1 aliphatic carbocycles. The van der Waals surface area contributed by atoms with Crippen molar-refractivity contribution in [2.75, 3.05) is 13.6 Å². The first kappa shape index (κ1) is 13.9. The molecule has 4 nitrogen and oxygen atoms in total. The number of aliphatic hydroxyl groups is 1. The molecule has 0 radical (unpaired) electrons. The molecule has 3 rings (SSSR count). The highest BCUT2D eigenvalue weighted by Gasteiger charge is 2.31. The largest absolute Gasteiger partial charge is 0.391 e. The van der Waals surface area contributed by atoms with Crippen molar-refractivity contribution in [2.24, 2.45) is 5.92 Å². The molecule has 0 spiro atoms. The topological polar surface area (TPSA) is 45.5 Å². The number of aromatic nitrogens is 1. The highest BCUT2D eigenvalue weighted by molar-refractivity contribution is 5.94. The van der Waals surface area contributed by atoms with Crippen LogP contribution in [0, 0.1) is 5.92 Å². The third kappa shape index (κ3) is 3.16. The minimum Gasteiger partial charge on any atom is -0.391 e. The molecule has 1 N–H and O–H groups in total. The highest BCUT2D eigenvalue weighted by Crippen LogP contribution is 2.32. The molecule has 1 heterocycles. The SMILES string of the molecule is CN(CC(O)C1CC1)C(=O)c1ccc(-n2cccc2)cc1. The Labute approximate surface area is 124 Å². The Bertz CT molecular complexity index is 600. The van der Waals surface area contributed by atoms with Crippen molar-refractivity contribution in [1.82, 2.24) is 9.47 Å². The number of carbonyl (C=O) groups excluding carboxylic acids is 1. The van der Waals surface area contributed by atoms with Gasteiger partial charge in [0.2, 0.25) is 0 Å². The van der Waals surface area contributed by atoms with Crippen LogP contribution in [0.5, 0.6) is 0 Å². The van der Waals surface area contributed by atoms with Gasteiger partial charge >= 0.3 is 0 Å². The molecule has 1 atom stereocenters. The summed E-state index contributed by atoms with van der Waals surface area (Å²) in [6, 6.07) is 11.4. The van der Waals surface area contributed by atoms with Crippen LogP contribution in [0.15, 0.2) is 48.8 Å². The van der Waals surface area contributed by atoms with Crippen molar-refractivity contribution >= 4 is 5.91 Å². The lowest BCUT2D eigenvalue weighted by atomic mass is 10.1. The number of benzene rings is 1. The van der Waals surface area contributed by atoms with Gasteiger partial charge in [0.15, 0.2) is 0 Å². The minimum atomic E-state index is -0.391. The van der Waals surface area contributed by atoms with E-state index in [0.717, 1.165) is 18.5 Å². The first-order chi connectivity index (χ1) is 10.1. The average molecular weight is 284 g/mol. The predicted molar refractivity (Wildman–Crippen MR) is 81.5 cm³/mol. The molecule has 110 valence electrons. The quantitative estimate of drug-likeness (QED) is 0.916. The first-order valence-electron chi connectivity index (χ1n) is 7.32. The summed E-state index contributed by atoms with van der Waals surface area (Å²) in [5, 5.41) is 9.93. The zero-order valence-corrected chi connectivity index (χ0v) is 12.1. The second-order valence-corrected chi connectivity index (χ2v) is 5.73. The molecule has 1 aromatic carbocycles. The fraction of sp³-hybridized carbons (Fsp3) is 0.353. The first-order valence-corrected chi connectivity index (χ1v) is 7.32. The van der Waals surface area contributed by atoms with Crippen LogP contribution < -0.4 is 0 Å². The minimum absolute atomic E-state index is 0.0474. The van der Waals surface area contributed by atoms with E-state index in [9.17, 15) is 9.90 Å². The van der Waals surface area contributed by atoms with Crippen LogP contribution in [0.4, 0.5) is 0 Å². The van der Waals surface area contributed by atoms with E-state index in [-0.39, 0.29) is 5.91 Å². The standard InChI is InChI=1S/C17H20N2O2/c1-18(12-16(20)13-4-5-13)17(21)14-6-8-15(9-7-14)19-10-2-3-11-19/h2-3,6-11,13,16,20H,4-5,12H2,1H3. The van der Waals surface area contributed by atoms with Crippen molar-refractivity contribution in [3.8, 4) is 5.69 Å². The van der Waals surface area contributed by atoms with Gasteiger partial charge in [-0.25, -0.2) is 0 Å². The molecule has 0 saturated heterocycles. The fourth-order valence-electron chi connectivity index (χ4n) is 2.50. The zero-order chi connectivity index (χ0) is 14.8. The van der Waals surface area contributed by atoms with Crippen molar-refractivity contribution in [1.29, 1.82) is 0 Å². The molecule has 1 amide bonds. The van der Waals surface area contributed by atoms with E-state index in [2.05, 4.69) is 0 Å². The average Bonchev–Trinajstić information content (AvgIpc) is 3.22. The number of hydrogen-bond acceptors (Lipinski definition) is 2. The molecule has 1 saturated carbocycles. The molecule has 2 aromatic rings. The number of rotatable bonds is 5. The Morgan fingerprint density at radius 1 is 1.29 bits per heavy atom. The van der Waals surface area contributed by atoms with Gasteiger partial charge in [-0.15, -0.1) is 0 Å². The zero-order valence-electron chi connectivity index (χ0n) is 12.1. The maximum Gasteiger partial charge on any atom is 0.253 e. The summed E-state index contributed by atoms with van der Waals surface area (Å²) in [5.74, 6) is 0.338. The smallest absolute Gasteiger partial charge is 0.253 e. The third-order valence-corrected chi connectivity index (χ3v) is 3.99. The van der Waals surface area contributed by atoms with Gasteiger partial charge in [0.25, 0.3) is 5.91 Å². The van der Waals surface area contributed by atoms with Gasteiger partial charge < -0.3 is 14.6 Å². The lowest BCUT2D eigenvalue weighted by molar-refractivity contribution is 0.0645. The number of amides is 1. The summed E-state index contributed by atoms with van der Waals surface area (Å²) in [7, 11) is 1.74. The van der Waals surface area contributed by atoms with Crippen molar-refractivity contribution < 1.29 is 9.90 Å². The van der Waals surface area contributed by atoms with Gasteiger partial charge in [0.05, 0.1) is 6.10 Å². The summed E-state index contributed by atoms with van der Waals surface area (Å²) in [6.45, 7) is 0.406. The lowest BCUT2D eigenvalue weighted by Crippen LogP contribution is -2.35. The number of likely N-dealkylation sites (N-methyl/N-ethyl adjacent to an activating group) is 1. The van der Waals surface area contributed by atoms with E-state index in [4.69, 9.17) is 0 Å². The molecule has 1 unspecified atom stereocenters. The van der Waals surface area contributed by atoms with Crippen LogP contribution in [-0.4, -0.2) is 40.2 Å². The second-order valence-electron chi connectivity index (χ2n) is 5.73. The molecule has 0 bridgehead atoms. The number of carbonyl (C=O) groups is 1. The highest BCUT2D eigenvalue weighted by atomic mass is 16.3. The van der Waals surface area contributed by atoms with Crippen molar-refractivity contribution in [3.05, 3.63) is 54.4 Å². The van der Waals surface area contributed by atoms with E-state index in [0.29, 0.717) is 18.0 Å². The third-order valence-electron chi connectivity index (χ3n) is 3.99. The number of nitrogens with zero attached hydrogens (tertiary/aromatic N) is 2. The maximum absolute atomic E-state index is 12.3. The van der Waals surface area contributed by atoms with Gasteiger partial charge in [-0.2, -0.15) is 0 Å². The second kappa shape index (κ2) is 5.74. The lowest BCUT2D eigenvalue weighted by Gasteiger charge is -2.21. The van der Waals surface area contributed by atoms with Crippen LogP contribution in [0.3, 0.4) is 0 Å². The van der Waals surface area contributed by atoms with Gasteiger partial charge in [0.1, 0.15) is 0 Å². The Morgan fingerprint density at radius 2 is 1.90 bits per heavy atom. The number of aliphatic hydroxyl groups excluding tert-OH is 1. The summed E-state index contributed by atoms with van der Waals surface area (Å²) in [5.41, 5.74) is 1.67. The molecular weight excluding hydrogens is 264 g/mol. The summed E-state index contributed by atoms with van der Waals surface area (Å²) >= 11 is 0. The Kier molecular flexibility index (Phi) is 3.80. The van der Waals surface area contributed by atoms with Gasteiger partial charge in [-0.05, 0) is 55.2 Å². The van der Waals surface area contributed by atoms with Crippen molar-refractivity contribution in [2.45, 2.75) is 18.9 Å².